The van der Waals surface area contributed by atoms with Gasteiger partial charge in [-0.25, -0.2) is 4.39 Å². The van der Waals surface area contributed by atoms with Crippen LogP contribution in [0.3, 0.4) is 0 Å². The van der Waals surface area contributed by atoms with Gasteiger partial charge in [0.15, 0.2) is 0 Å². The molecule has 3 rings (SSSR count). The number of furan rings is 1. The van der Waals surface area contributed by atoms with E-state index in [1.807, 2.05) is 13.1 Å². The van der Waals surface area contributed by atoms with Crippen LogP contribution in [0, 0.1) is 17.2 Å². The average molecular weight is 289 g/mol. The standard InChI is InChI=1S/C18H24FNO/c1-18(2)9-5-4-6-14(18)17(20-3)16-11-12-10-13(19)7-8-15(12)21-16/h7-8,10-11,14,17,20H,4-6,9H2,1-3H3. The third-order valence-electron chi connectivity index (χ3n) is 5.11. The van der Waals surface area contributed by atoms with Gasteiger partial charge in [0.1, 0.15) is 17.2 Å². The molecule has 2 nitrogen and oxygen atoms in total. The molecule has 1 aliphatic rings. The first kappa shape index (κ1) is 14.6. The third kappa shape index (κ3) is 2.71. The highest BCUT2D eigenvalue weighted by atomic mass is 19.1. The minimum atomic E-state index is -0.214. The van der Waals surface area contributed by atoms with Crippen LogP contribution < -0.4 is 5.32 Å². The van der Waals surface area contributed by atoms with Crippen molar-refractivity contribution >= 4 is 11.0 Å². The van der Waals surface area contributed by atoms with Crippen LogP contribution in [0.4, 0.5) is 4.39 Å². The number of hydrogen-bond acceptors (Lipinski definition) is 2. The lowest BCUT2D eigenvalue weighted by molar-refractivity contribution is 0.0933. The average Bonchev–Trinajstić information content (AvgIpc) is 2.84. The molecule has 0 radical (unpaired) electrons. The Kier molecular flexibility index (Phi) is 3.78. The van der Waals surface area contributed by atoms with E-state index in [1.165, 1.54) is 31.7 Å². The highest BCUT2D eigenvalue weighted by molar-refractivity contribution is 5.78. The van der Waals surface area contributed by atoms with Gasteiger partial charge in [0.2, 0.25) is 0 Å². The van der Waals surface area contributed by atoms with E-state index in [4.69, 9.17) is 4.42 Å². The fourth-order valence-corrected chi connectivity index (χ4v) is 3.87. The van der Waals surface area contributed by atoms with Crippen LogP contribution in [0.15, 0.2) is 28.7 Å². The van der Waals surface area contributed by atoms with E-state index in [-0.39, 0.29) is 11.9 Å². The summed E-state index contributed by atoms with van der Waals surface area (Å²) in [5.74, 6) is 1.26. The van der Waals surface area contributed by atoms with E-state index in [0.29, 0.717) is 11.3 Å². The molecule has 2 aromatic rings. The number of nitrogens with one attached hydrogen (secondary N) is 1. The summed E-state index contributed by atoms with van der Waals surface area (Å²) in [5.41, 5.74) is 1.07. The van der Waals surface area contributed by atoms with Crippen molar-refractivity contribution in [3.05, 3.63) is 35.8 Å². The van der Waals surface area contributed by atoms with Gasteiger partial charge in [0, 0.05) is 5.39 Å². The number of benzene rings is 1. The van der Waals surface area contributed by atoms with E-state index in [9.17, 15) is 4.39 Å². The molecular weight excluding hydrogens is 265 g/mol. The van der Waals surface area contributed by atoms with Gasteiger partial charge in [-0.3, -0.25) is 0 Å². The first-order valence-electron chi connectivity index (χ1n) is 7.87. The summed E-state index contributed by atoms with van der Waals surface area (Å²) in [6.45, 7) is 4.70. The van der Waals surface area contributed by atoms with Crippen LogP contribution in [-0.4, -0.2) is 7.05 Å². The summed E-state index contributed by atoms with van der Waals surface area (Å²) in [6, 6.07) is 6.89. The van der Waals surface area contributed by atoms with Crippen LogP contribution in [0.2, 0.25) is 0 Å². The summed E-state index contributed by atoms with van der Waals surface area (Å²) >= 11 is 0. The smallest absolute Gasteiger partial charge is 0.134 e. The van der Waals surface area contributed by atoms with Gasteiger partial charge >= 0.3 is 0 Å². The second-order valence-electron chi connectivity index (χ2n) is 6.94. The quantitative estimate of drug-likeness (QED) is 0.855. The molecule has 1 aliphatic carbocycles. The normalized spacial score (nSPS) is 23.3. The highest BCUT2D eigenvalue weighted by Gasteiger charge is 2.38. The lowest BCUT2D eigenvalue weighted by Gasteiger charge is -2.42. The van der Waals surface area contributed by atoms with Gasteiger partial charge in [-0.15, -0.1) is 0 Å². The van der Waals surface area contributed by atoms with Gasteiger partial charge in [-0.1, -0.05) is 26.7 Å². The second kappa shape index (κ2) is 5.45. The zero-order valence-corrected chi connectivity index (χ0v) is 13.1. The van der Waals surface area contributed by atoms with Crippen LogP contribution in [0.1, 0.15) is 51.3 Å². The van der Waals surface area contributed by atoms with E-state index in [0.717, 1.165) is 16.7 Å². The second-order valence-corrected chi connectivity index (χ2v) is 6.94. The first-order chi connectivity index (χ1) is 10.0. The van der Waals surface area contributed by atoms with Crippen molar-refractivity contribution < 1.29 is 8.81 Å². The van der Waals surface area contributed by atoms with Crippen molar-refractivity contribution in [2.75, 3.05) is 7.05 Å². The fraction of sp³-hybridized carbons (Fsp3) is 0.556. The summed E-state index contributed by atoms with van der Waals surface area (Å²) in [5, 5.41) is 4.28. The molecule has 0 bridgehead atoms. The van der Waals surface area contributed by atoms with Crippen molar-refractivity contribution in [3.8, 4) is 0 Å². The van der Waals surface area contributed by atoms with Crippen LogP contribution in [-0.2, 0) is 0 Å². The molecule has 1 aromatic heterocycles. The number of halogens is 1. The van der Waals surface area contributed by atoms with Crippen molar-refractivity contribution in [1.82, 2.24) is 5.32 Å². The fourth-order valence-electron chi connectivity index (χ4n) is 3.87. The Morgan fingerprint density at radius 1 is 1.29 bits per heavy atom. The van der Waals surface area contributed by atoms with Crippen molar-refractivity contribution in [2.24, 2.45) is 11.3 Å². The van der Waals surface area contributed by atoms with Gasteiger partial charge in [-0.2, -0.15) is 0 Å². The van der Waals surface area contributed by atoms with Crippen molar-refractivity contribution in [2.45, 2.75) is 45.6 Å². The Balaban J connectivity index is 1.97. The maximum absolute atomic E-state index is 13.3. The van der Waals surface area contributed by atoms with Crippen LogP contribution in [0.25, 0.3) is 11.0 Å². The van der Waals surface area contributed by atoms with E-state index in [2.05, 4.69) is 19.2 Å². The van der Waals surface area contributed by atoms with Gasteiger partial charge in [-0.05, 0) is 55.5 Å². The molecule has 2 unspecified atom stereocenters. The Labute approximate surface area is 125 Å². The predicted molar refractivity (Wildman–Crippen MR) is 83.7 cm³/mol. The molecule has 1 aromatic carbocycles. The molecule has 3 heteroatoms. The van der Waals surface area contributed by atoms with E-state index in [1.54, 1.807) is 12.1 Å². The molecular formula is C18H24FNO. The van der Waals surface area contributed by atoms with E-state index >= 15 is 0 Å². The largest absolute Gasteiger partial charge is 0.459 e. The third-order valence-corrected chi connectivity index (χ3v) is 5.11. The molecule has 1 saturated carbocycles. The van der Waals surface area contributed by atoms with Gasteiger partial charge in [0.05, 0.1) is 6.04 Å². The lowest BCUT2D eigenvalue weighted by Crippen LogP contribution is -2.37. The maximum atomic E-state index is 13.3. The molecule has 0 spiro atoms. The van der Waals surface area contributed by atoms with Crippen LogP contribution >= 0.6 is 0 Å². The Hall–Kier alpha value is -1.35. The minimum absolute atomic E-state index is 0.191. The van der Waals surface area contributed by atoms with Crippen LogP contribution in [0.5, 0.6) is 0 Å². The Morgan fingerprint density at radius 2 is 2.10 bits per heavy atom. The predicted octanol–water partition coefficient (Wildman–Crippen LogP) is 5.05. The number of fused-ring (bicyclic) bond motifs is 1. The van der Waals surface area contributed by atoms with Gasteiger partial charge in [0.25, 0.3) is 0 Å². The van der Waals surface area contributed by atoms with Gasteiger partial charge < -0.3 is 9.73 Å². The summed E-state index contributed by atoms with van der Waals surface area (Å²) in [7, 11) is 1.99. The number of hydrogen-bond donors (Lipinski definition) is 1. The lowest BCUT2D eigenvalue weighted by atomic mass is 9.65. The molecule has 2 atom stereocenters. The minimum Gasteiger partial charge on any atom is -0.459 e. The Bertz CT molecular complexity index is 631. The summed E-state index contributed by atoms with van der Waals surface area (Å²) in [4.78, 5) is 0. The number of rotatable bonds is 3. The molecule has 0 saturated heterocycles. The summed E-state index contributed by atoms with van der Waals surface area (Å²) < 4.78 is 19.3. The topological polar surface area (TPSA) is 25.2 Å². The Morgan fingerprint density at radius 3 is 2.81 bits per heavy atom. The summed E-state index contributed by atoms with van der Waals surface area (Å²) in [6.07, 6.45) is 5.06. The van der Waals surface area contributed by atoms with Crippen molar-refractivity contribution in [1.29, 1.82) is 0 Å². The molecule has 1 heterocycles. The zero-order chi connectivity index (χ0) is 15.0. The first-order valence-corrected chi connectivity index (χ1v) is 7.87. The van der Waals surface area contributed by atoms with Crippen molar-refractivity contribution in [3.63, 3.8) is 0 Å². The SMILES string of the molecule is CNC(c1cc2cc(F)ccc2o1)C1CCCCC1(C)C. The molecule has 1 fully saturated rings. The molecule has 114 valence electrons. The zero-order valence-electron chi connectivity index (χ0n) is 13.1. The maximum Gasteiger partial charge on any atom is 0.134 e. The molecule has 0 aliphatic heterocycles. The molecule has 0 amide bonds. The molecule has 21 heavy (non-hydrogen) atoms. The van der Waals surface area contributed by atoms with E-state index < -0.39 is 0 Å². The monoisotopic (exact) mass is 289 g/mol. The highest BCUT2D eigenvalue weighted by Crippen LogP contribution is 2.47. The molecule has 1 N–H and O–H groups in total.